The van der Waals surface area contributed by atoms with Crippen molar-refractivity contribution >= 4 is 63.7 Å². The van der Waals surface area contributed by atoms with E-state index in [1.165, 1.54) is 0 Å². The highest BCUT2D eigenvalue weighted by atomic mass is 79.9. The smallest absolute Gasteiger partial charge is 0.182 e. The van der Waals surface area contributed by atoms with Crippen LogP contribution in [0.2, 0.25) is 0 Å². The molecule has 0 aromatic heterocycles. The van der Waals surface area contributed by atoms with Crippen molar-refractivity contribution in [3.63, 3.8) is 0 Å². The Morgan fingerprint density at radius 2 is 1.80 bits per heavy atom. The Balaban J connectivity index is 2.84. The maximum atomic E-state index is 9.22. The molecule has 0 amide bonds. The predicted octanol–water partition coefficient (Wildman–Crippen LogP) is 2.31. The fourth-order valence-corrected chi connectivity index (χ4v) is 1.71. The minimum Gasteiger partial charge on any atom is -0.366 e. The molecule has 1 saturated heterocycles. The molecule has 0 radical (unpaired) electrons. The highest BCUT2D eigenvalue weighted by molar-refractivity contribution is 9.30. The summed E-state index contributed by atoms with van der Waals surface area (Å²) >= 11 is 13.2. The first-order valence-corrected chi connectivity index (χ1v) is 5.60. The maximum absolute atomic E-state index is 9.22. The van der Waals surface area contributed by atoms with Crippen LogP contribution >= 0.6 is 63.7 Å². The topological polar surface area (TPSA) is 29.5 Å². The number of halogens is 4. The molecule has 1 atom stereocenters. The number of ether oxygens (including phenoxy) is 1. The Kier molecular flexibility index (Phi) is 2.93. The van der Waals surface area contributed by atoms with Gasteiger partial charge in [-0.1, -0.05) is 63.7 Å². The van der Waals surface area contributed by atoms with Crippen LogP contribution in [0.1, 0.15) is 0 Å². The SMILES string of the molecule is OC1OCC(Br)(Br)C1(Br)Br. The number of hydrogen-bond donors (Lipinski definition) is 1. The number of aliphatic hydroxyl groups is 1. The second kappa shape index (κ2) is 2.96. The van der Waals surface area contributed by atoms with Gasteiger partial charge in [-0.2, -0.15) is 0 Å². The van der Waals surface area contributed by atoms with Crippen LogP contribution in [0.3, 0.4) is 0 Å². The monoisotopic (exact) mass is 400 g/mol. The molecule has 1 aliphatic rings. The van der Waals surface area contributed by atoms with Crippen LogP contribution < -0.4 is 0 Å². The first-order chi connectivity index (χ1) is 4.38. The molecule has 1 rings (SSSR count). The van der Waals surface area contributed by atoms with Crippen molar-refractivity contribution in [3.8, 4) is 0 Å². The van der Waals surface area contributed by atoms with E-state index in [0.29, 0.717) is 6.61 Å². The first kappa shape index (κ1) is 9.92. The normalized spacial score (nSPS) is 36.3. The van der Waals surface area contributed by atoms with E-state index in [4.69, 9.17) is 4.74 Å². The van der Waals surface area contributed by atoms with Crippen LogP contribution in [0.25, 0.3) is 0 Å². The third kappa shape index (κ3) is 1.47. The van der Waals surface area contributed by atoms with Gasteiger partial charge in [0.1, 0.15) is 3.23 Å². The van der Waals surface area contributed by atoms with Crippen LogP contribution in [-0.2, 0) is 4.74 Å². The summed E-state index contributed by atoms with van der Waals surface area (Å²) < 4.78 is 3.84. The van der Waals surface area contributed by atoms with Crippen molar-refractivity contribution in [2.45, 2.75) is 12.8 Å². The van der Waals surface area contributed by atoms with Crippen molar-refractivity contribution in [1.29, 1.82) is 0 Å². The van der Waals surface area contributed by atoms with Gasteiger partial charge in [-0.3, -0.25) is 0 Å². The van der Waals surface area contributed by atoms with Gasteiger partial charge in [0.25, 0.3) is 0 Å². The largest absolute Gasteiger partial charge is 0.366 e. The van der Waals surface area contributed by atoms with E-state index in [0.717, 1.165) is 0 Å². The summed E-state index contributed by atoms with van der Waals surface area (Å²) in [6, 6.07) is 0. The summed E-state index contributed by atoms with van der Waals surface area (Å²) in [6.07, 6.45) is -0.855. The molecule has 1 unspecified atom stereocenters. The van der Waals surface area contributed by atoms with Gasteiger partial charge >= 0.3 is 0 Å². The third-order valence-corrected chi connectivity index (χ3v) is 7.19. The minimum absolute atomic E-state index is 0.394. The van der Waals surface area contributed by atoms with Gasteiger partial charge < -0.3 is 9.84 Å². The first-order valence-electron chi connectivity index (χ1n) is 2.43. The van der Waals surface area contributed by atoms with Crippen molar-refractivity contribution < 1.29 is 9.84 Å². The summed E-state index contributed by atoms with van der Waals surface area (Å²) in [4.78, 5) is 0. The Bertz CT molecular complexity index is 146. The lowest BCUT2D eigenvalue weighted by atomic mass is 10.3. The molecule has 0 spiro atoms. The molecule has 1 fully saturated rings. The van der Waals surface area contributed by atoms with Crippen LogP contribution in [0, 0.1) is 0 Å². The highest BCUT2D eigenvalue weighted by Gasteiger charge is 2.56. The van der Waals surface area contributed by atoms with Gasteiger partial charge in [0, 0.05) is 0 Å². The Hall–Kier alpha value is 1.84. The summed E-state index contributed by atoms with van der Waals surface area (Å²) in [6.45, 7) is 0.394. The molecule has 0 aromatic carbocycles. The molecule has 0 bridgehead atoms. The second-order valence-corrected chi connectivity index (χ2v) is 9.33. The van der Waals surface area contributed by atoms with Gasteiger partial charge in [0.2, 0.25) is 0 Å². The summed E-state index contributed by atoms with van der Waals surface area (Å²) in [5, 5.41) is 9.22. The Morgan fingerprint density at radius 3 is 1.90 bits per heavy atom. The molecule has 1 heterocycles. The van der Waals surface area contributed by atoms with Crippen molar-refractivity contribution in [3.05, 3.63) is 0 Å². The van der Waals surface area contributed by atoms with E-state index in [9.17, 15) is 5.11 Å². The van der Waals surface area contributed by atoms with E-state index in [2.05, 4.69) is 63.7 Å². The molecular weight excluding hydrogens is 400 g/mol. The molecule has 2 nitrogen and oxygen atoms in total. The summed E-state index contributed by atoms with van der Waals surface area (Å²) in [7, 11) is 0. The number of alkyl halides is 4. The number of rotatable bonds is 0. The summed E-state index contributed by atoms with van der Waals surface area (Å²) in [5.74, 6) is 0. The molecule has 0 aliphatic carbocycles. The third-order valence-electron chi connectivity index (χ3n) is 1.22. The fourth-order valence-electron chi connectivity index (χ4n) is 0.565. The van der Waals surface area contributed by atoms with Gasteiger partial charge in [-0.25, -0.2) is 0 Å². The standard InChI is InChI=1S/C4H4Br4O2/c5-3(6)1-10-2(9)4(3,7)8/h2,9H,1H2. The van der Waals surface area contributed by atoms with E-state index >= 15 is 0 Å². The van der Waals surface area contributed by atoms with Crippen molar-refractivity contribution in [2.24, 2.45) is 0 Å². The highest BCUT2D eigenvalue weighted by Crippen LogP contribution is 2.54. The zero-order valence-electron chi connectivity index (χ0n) is 4.65. The van der Waals surface area contributed by atoms with E-state index in [1.807, 2.05) is 0 Å². The van der Waals surface area contributed by atoms with Crippen LogP contribution in [-0.4, -0.2) is 24.5 Å². The molecule has 10 heavy (non-hydrogen) atoms. The Labute approximate surface area is 92.2 Å². The number of hydrogen-bond acceptors (Lipinski definition) is 2. The molecule has 1 aliphatic heterocycles. The van der Waals surface area contributed by atoms with Gasteiger partial charge in [-0.05, 0) is 0 Å². The molecular formula is C4H4Br4O2. The summed E-state index contributed by atoms with van der Waals surface area (Å²) in [5.41, 5.74) is 0. The predicted molar refractivity (Wildman–Crippen MR) is 53.1 cm³/mol. The van der Waals surface area contributed by atoms with Crippen LogP contribution in [0.4, 0.5) is 0 Å². The lowest BCUT2D eigenvalue weighted by molar-refractivity contribution is -0.0587. The average Bonchev–Trinajstić information content (AvgIpc) is 1.94. The van der Waals surface area contributed by atoms with Gasteiger partial charge in [-0.15, -0.1) is 0 Å². The molecule has 6 heteroatoms. The lowest BCUT2D eigenvalue weighted by Gasteiger charge is -2.25. The van der Waals surface area contributed by atoms with Crippen molar-refractivity contribution in [1.82, 2.24) is 0 Å². The second-order valence-electron chi connectivity index (χ2n) is 1.99. The fraction of sp³-hybridized carbons (Fsp3) is 1.00. The molecule has 60 valence electrons. The zero-order valence-corrected chi connectivity index (χ0v) is 11.0. The van der Waals surface area contributed by atoms with Crippen LogP contribution in [0.5, 0.6) is 0 Å². The quantitative estimate of drug-likeness (QED) is 0.629. The molecule has 1 N–H and O–H groups in total. The zero-order chi connectivity index (χ0) is 7.99. The van der Waals surface area contributed by atoms with Gasteiger partial charge in [0.05, 0.1) is 6.61 Å². The van der Waals surface area contributed by atoms with Crippen LogP contribution in [0.15, 0.2) is 0 Å². The van der Waals surface area contributed by atoms with E-state index in [1.54, 1.807) is 0 Å². The minimum atomic E-state index is -0.855. The van der Waals surface area contributed by atoms with Crippen molar-refractivity contribution in [2.75, 3.05) is 6.61 Å². The van der Waals surface area contributed by atoms with E-state index < -0.39 is 12.8 Å². The lowest BCUT2D eigenvalue weighted by Crippen LogP contribution is -2.37. The van der Waals surface area contributed by atoms with E-state index in [-0.39, 0.29) is 0 Å². The molecule has 0 saturated carbocycles. The molecule has 0 aromatic rings. The van der Waals surface area contributed by atoms with Gasteiger partial charge in [0.15, 0.2) is 9.52 Å². The number of aliphatic hydroxyl groups excluding tert-OH is 1. The average molecular weight is 404 g/mol. The Morgan fingerprint density at radius 1 is 1.30 bits per heavy atom. The maximum Gasteiger partial charge on any atom is 0.182 e.